The van der Waals surface area contributed by atoms with Gasteiger partial charge in [-0.05, 0) is 30.2 Å². The van der Waals surface area contributed by atoms with Gasteiger partial charge in [0.1, 0.15) is 6.29 Å². The number of benzene rings is 1. The first-order valence-corrected chi connectivity index (χ1v) is 6.28. The highest BCUT2D eigenvalue weighted by atomic mass is 35.5. The van der Waals surface area contributed by atoms with E-state index in [-0.39, 0.29) is 6.29 Å². The number of rotatable bonds is 4. The summed E-state index contributed by atoms with van der Waals surface area (Å²) in [7, 11) is 0. The van der Waals surface area contributed by atoms with Gasteiger partial charge in [0.05, 0.1) is 6.61 Å². The van der Waals surface area contributed by atoms with E-state index < -0.39 is 0 Å². The summed E-state index contributed by atoms with van der Waals surface area (Å²) in [6.07, 6.45) is 1.17. The molecule has 1 aliphatic heterocycles. The zero-order valence-corrected chi connectivity index (χ0v) is 10.9. The molecule has 96 valence electrons. The third-order valence-electron chi connectivity index (χ3n) is 2.87. The molecule has 4 heteroatoms. The number of aldehydes is 1. The minimum atomic E-state index is -0.274. The van der Waals surface area contributed by atoms with Gasteiger partial charge >= 0.3 is 0 Å². The lowest BCUT2D eigenvalue weighted by atomic mass is 9.96. The van der Waals surface area contributed by atoms with Crippen LogP contribution < -0.4 is 0 Å². The molecule has 3 nitrogen and oxygen atoms in total. The minimum Gasteiger partial charge on any atom is -0.353 e. The van der Waals surface area contributed by atoms with Crippen LogP contribution in [0.2, 0.25) is 5.02 Å². The molecule has 1 atom stereocenters. The van der Waals surface area contributed by atoms with E-state index in [1.54, 1.807) is 0 Å². The van der Waals surface area contributed by atoms with Crippen LogP contribution in [-0.4, -0.2) is 25.8 Å². The van der Waals surface area contributed by atoms with Crippen LogP contribution in [-0.2, 0) is 14.3 Å². The highest BCUT2D eigenvalue weighted by Crippen LogP contribution is 2.29. The summed E-state index contributed by atoms with van der Waals surface area (Å²) in [6.45, 7) is 2.81. The number of carbonyl (C=O) groups is 1. The summed E-state index contributed by atoms with van der Waals surface area (Å²) in [5, 5.41) is 0.681. The van der Waals surface area contributed by atoms with Gasteiger partial charge in [0, 0.05) is 23.6 Å². The third kappa shape index (κ3) is 2.99. The average molecular weight is 267 g/mol. The van der Waals surface area contributed by atoms with Crippen molar-refractivity contribution in [2.24, 2.45) is 0 Å². The third-order valence-corrected chi connectivity index (χ3v) is 3.12. The molecule has 1 unspecified atom stereocenters. The van der Waals surface area contributed by atoms with Crippen LogP contribution in [0.1, 0.15) is 18.9 Å². The van der Waals surface area contributed by atoms with Gasteiger partial charge < -0.3 is 9.47 Å². The first-order chi connectivity index (χ1) is 8.74. The molecular weight excluding hydrogens is 252 g/mol. The zero-order valence-electron chi connectivity index (χ0n) is 10.2. The van der Waals surface area contributed by atoms with Gasteiger partial charge in [0.25, 0.3) is 0 Å². The van der Waals surface area contributed by atoms with Crippen LogP contribution in [0.3, 0.4) is 0 Å². The highest BCUT2D eigenvalue weighted by Gasteiger charge is 2.22. The Morgan fingerprint density at radius 1 is 1.44 bits per heavy atom. The fraction of sp³-hybridized carbons (Fsp3) is 0.357. The second kappa shape index (κ2) is 6.14. The first-order valence-electron chi connectivity index (χ1n) is 5.91. The minimum absolute atomic E-state index is 0.274. The summed E-state index contributed by atoms with van der Waals surface area (Å²) in [5.41, 5.74) is 2.65. The lowest BCUT2D eigenvalue weighted by Crippen LogP contribution is -2.24. The summed E-state index contributed by atoms with van der Waals surface area (Å²) in [5.74, 6) is 0. The van der Waals surface area contributed by atoms with E-state index in [0.29, 0.717) is 30.2 Å². The fourth-order valence-electron chi connectivity index (χ4n) is 1.98. The molecule has 18 heavy (non-hydrogen) atoms. The van der Waals surface area contributed by atoms with Crippen molar-refractivity contribution in [3.8, 4) is 0 Å². The Morgan fingerprint density at radius 3 is 2.78 bits per heavy atom. The van der Waals surface area contributed by atoms with Crippen molar-refractivity contribution >= 4 is 23.5 Å². The second-order valence-corrected chi connectivity index (χ2v) is 4.47. The van der Waals surface area contributed by atoms with Crippen LogP contribution in [0.15, 0.2) is 29.8 Å². The van der Waals surface area contributed by atoms with E-state index in [2.05, 4.69) is 0 Å². The number of hydrogen-bond acceptors (Lipinski definition) is 3. The van der Waals surface area contributed by atoms with Gasteiger partial charge in [-0.2, -0.15) is 0 Å². The van der Waals surface area contributed by atoms with Crippen LogP contribution in [0.4, 0.5) is 0 Å². The van der Waals surface area contributed by atoms with Gasteiger partial charge in [-0.1, -0.05) is 23.7 Å². The number of halogens is 1. The Hall–Kier alpha value is -1.16. The standard InChI is InChI=1S/C14H15ClO3/c1-2-17-14-7-13(11(8-16)9-18-14)10-3-5-12(15)6-4-10/h3-6,8,14H,2,7,9H2,1H3. The second-order valence-electron chi connectivity index (χ2n) is 4.03. The Bertz CT molecular complexity index is 451. The maximum absolute atomic E-state index is 11.1. The summed E-state index contributed by atoms with van der Waals surface area (Å²) < 4.78 is 10.9. The molecule has 1 aromatic rings. The van der Waals surface area contributed by atoms with Crippen LogP contribution in [0, 0.1) is 0 Å². The monoisotopic (exact) mass is 266 g/mol. The Labute approximate surface area is 111 Å². The molecule has 0 saturated heterocycles. The highest BCUT2D eigenvalue weighted by molar-refractivity contribution is 6.30. The van der Waals surface area contributed by atoms with E-state index in [9.17, 15) is 4.79 Å². The Balaban J connectivity index is 2.28. The molecule has 0 saturated carbocycles. The predicted octanol–water partition coefficient (Wildman–Crippen LogP) is 3.08. The molecule has 0 radical (unpaired) electrons. The molecule has 0 amide bonds. The average Bonchev–Trinajstić information content (AvgIpc) is 2.40. The topological polar surface area (TPSA) is 35.5 Å². The quantitative estimate of drug-likeness (QED) is 0.786. The van der Waals surface area contributed by atoms with Crippen molar-refractivity contribution in [3.63, 3.8) is 0 Å². The largest absolute Gasteiger partial charge is 0.353 e. The SMILES string of the molecule is CCOC1CC(c2ccc(Cl)cc2)=C(C=O)CO1. The fourth-order valence-corrected chi connectivity index (χ4v) is 2.10. The summed E-state index contributed by atoms with van der Waals surface area (Å²) in [4.78, 5) is 11.1. The van der Waals surface area contributed by atoms with Crippen molar-refractivity contribution < 1.29 is 14.3 Å². The molecule has 0 spiro atoms. The molecule has 0 aromatic heterocycles. The molecular formula is C14H15ClO3. The van der Waals surface area contributed by atoms with E-state index in [0.717, 1.165) is 17.4 Å². The predicted molar refractivity (Wildman–Crippen MR) is 70.4 cm³/mol. The van der Waals surface area contributed by atoms with Crippen molar-refractivity contribution in [2.45, 2.75) is 19.6 Å². The van der Waals surface area contributed by atoms with Crippen molar-refractivity contribution in [3.05, 3.63) is 40.4 Å². The van der Waals surface area contributed by atoms with Crippen LogP contribution in [0.5, 0.6) is 0 Å². The molecule has 0 bridgehead atoms. The van der Waals surface area contributed by atoms with Gasteiger partial charge in [0.15, 0.2) is 6.29 Å². The van der Waals surface area contributed by atoms with E-state index in [1.807, 2.05) is 31.2 Å². The molecule has 1 heterocycles. The van der Waals surface area contributed by atoms with Gasteiger partial charge in [-0.25, -0.2) is 0 Å². The van der Waals surface area contributed by atoms with Crippen molar-refractivity contribution in [2.75, 3.05) is 13.2 Å². The van der Waals surface area contributed by atoms with E-state index in [1.165, 1.54) is 0 Å². The van der Waals surface area contributed by atoms with Gasteiger partial charge in [0.2, 0.25) is 0 Å². The summed E-state index contributed by atoms with van der Waals surface area (Å²) in [6, 6.07) is 7.46. The van der Waals surface area contributed by atoms with E-state index in [4.69, 9.17) is 21.1 Å². The number of carbonyl (C=O) groups excluding carboxylic acids is 1. The Kier molecular flexibility index (Phi) is 4.53. The van der Waals surface area contributed by atoms with Crippen molar-refractivity contribution in [1.82, 2.24) is 0 Å². The number of hydrogen-bond donors (Lipinski definition) is 0. The molecule has 0 fully saturated rings. The summed E-state index contributed by atoms with van der Waals surface area (Å²) >= 11 is 5.86. The van der Waals surface area contributed by atoms with Gasteiger partial charge in [-0.3, -0.25) is 4.79 Å². The zero-order chi connectivity index (χ0) is 13.0. The molecule has 1 aromatic carbocycles. The number of ether oxygens (including phenoxy) is 2. The molecule has 0 aliphatic carbocycles. The van der Waals surface area contributed by atoms with Crippen molar-refractivity contribution in [1.29, 1.82) is 0 Å². The Morgan fingerprint density at radius 2 is 2.17 bits per heavy atom. The normalized spacial score (nSPS) is 20.0. The lowest BCUT2D eigenvalue weighted by molar-refractivity contribution is -0.135. The lowest BCUT2D eigenvalue weighted by Gasteiger charge is -2.25. The first kappa shape index (κ1) is 13.3. The molecule has 1 aliphatic rings. The van der Waals surface area contributed by atoms with Crippen LogP contribution >= 0.6 is 11.6 Å². The maximum atomic E-state index is 11.1. The molecule has 2 rings (SSSR count). The molecule has 0 N–H and O–H groups in total. The van der Waals surface area contributed by atoms with Crippen LogP contribution in [0.25, 0.3) is 5.57 Å². The smallest absolute Gasteiger partial charge is 0.162 e. The van der Waals surface area contributed by atoms with E-state index >= 15 is 0 Å². The maximum Gasteiger partial charge on any atom is 0.162 e. The van der Waals surface area contributed by atoms with Gasteiger partial charge in [-0.15, -0.1) is 0 Å².